The quantitative estimate of drug-likeness (QED) is 0.837. The highest BCUT2D eigenvalue weighted by Gasteiger charge is 2.17. The maximum Gasteiger partial charge on any atom is 0.241 e. The first-order chi connectivity index (χ1) is 12.6. The van der Waals surface area contributed by atoms with E-state index in [2.05, 4.69) is 34.6 Å². The maximum atomic E-state index is 12.5. The van der Waals surface area contributed by atoms with E-state index < -0.39 is 0 Å². The molecule has 2 N–H and O–H groups in total. The van der Waals surface area contributed by atoms with E-state index in [1.807, 2.05) is 49.4 Å². The zero-order valence-corrected chi connectivity index (χ0v) is 15.4. The van der Waals surface area contributed by atoms with Crippen molar-refractivity contribution in [3.8, 4) is 0 Å². The highest BCUT2D eigenvalue weighted by atomic mass is 16.5. The van der Waals surface area contributed by atoms with Crippen molar-refractivity contribution in [2.24, 2.45) is 0 Å². The Hall–Kier alpha value is -2.37. The Morgan fingerprint density at radius 3 is 2.31 bits per heavy atom. The standard InChI is InChI=1S/C21H27N3O2/c1-16(18-6-4-3-5-7-18)22-17(2)21(25)23-19-8-10-20(11-9-19)24-12-14-26-15-13-24/h3-11,16-17,22H,12-15H2,1-2H3,(H,23,25)/t16-,17+/m1/s1. The van der Waals surface area contributed by atoms with Gasteiger partial charge in [-0.15, -0.1) is 0 Å². The maximum absolute atomic E-state index is 12.5. The Morgan fingerprint density at radius 2 is 1.65 bits per heavy atom. The predicted molar refractivity (Wildman–Crippen MR) is 106 cm³/mol. The number of ether oxygens (including phenoxy) is 1. The third kappa shape index (κ3) is 4.84. The van der Waals surface area contributed by atoms with Crippen molar-refractivity contribution >= 4 is 17.3 Å². The van der Waals surface area contributed by atoms with Crippen LogP contribution >= 0.6 is 0 Å². The van der Waals surface area contributed by atoms with Crippen LogP contribution in [-0.2, 0) is 9.53 Å². The summed E-state index contributed by atoms with van der Waals surface area (Å²) < 4.78 is 5.38. The van der Waals surface area contributed by atoms with Crippen LogP contribution in [0.3, 0.4) is 0 Å². The molecule has 1 heterocycles. The summed E-state index contributed by atoms with van der Waals surface area (Å²) in [4.78, 5) is 14.8. The summed E-state index contributed by atoms with van der Waals surface area (Å²) in [5.74, 6) is -0.0353. The topological polar surface area (TPSA) is 53.6 Å². The monoisotopic (exact) mass is 353 g/mol. The second kappa shape index (κ2) is 8.83. The third-order valence-corrected chi connectivity index (χ3v) is 4.70. The molecule has 0 unspecified atom stereocenters. The molecule has 0 spiro atoms. The molecule has 3 rings (SSSR count). The van der Waals surface area contributed by atoms with Gasteiger partial charge in [0.05, 0.1) is 19.3 Å². The average Bonchev–Trinajstić information content (AvgIpc) is 2.70. The number of nitrogens with one attached hydrogen (secondary N) is 2. The van der Waals surface area contributed by atoms with Crippen LogP contribution in [0.1, 0.15) is 25.5 Å². The number of hydrogen-bond acceptors (Lipinski definition) is 4. The van der Waals surface area contributed by atoms with Crippen molar-refractivity contribution in [3.63, 3.8) is 0 Å². The number of rotatable bonds is 6. The summed E-state index contributed by atoms with van der Waals surface area (Å²) in [6.45, 7) is 7.30. The third-order valence-electron chi connectivity index (χ3n) is 4.70. The molecule has 5 nitrogen and oxygen atoms in total. The van der Waals surface area contributed by atoms with Crippen LogP contribution in [0, 0.1) is 0 Å². The van der Waals surface area contributed by atoms with E-state index in [1.54, 1.807) is 0 Å². The molecule has 2 aromatic rings. The fourth-order valence-electron chi connectivity index (χ4n) is 3.12. The van der Waals surface area contributed by atoms with Crippen molar-refractivity contribution in [2.45, 2.75) is 25.9 Å². The SMILES string of the molecule is C[C@H](N[C@H](C)c1ccccc1)C(=O)Nc1ccc(N2CCOCC2)cc1. The van der Waals surface area contributed by atoms with Gasteiger partial charge < -0.3 is 15.0 Å². The minimum atomic E-state index is -0.288. The van der Waals surface area contributed by atoms with Crippen LogP contribution in [0.2, 0.25) is 0 Å². The number of carbonyl (C=O) groups excluding carboxylic acids is 1. The molecule has 0 saturated carbocycles. The zero-order chi connectivity index (χ0) is 18.4. The Kier molecular flexibility index (Phi) is 6.26. The fraction of sp³-hybridized carbons (Fsp3) is 0.381. The van der Waals surface area contributed by atoms with Gasteiger partial charge in [0.2, 0.25) is 5.91 Å². The fourth-order valence-corrected chi connectivity index (χ4v) is 3.12. The van der Waals surface area contributed by atoms with Crippen LogP contribution < -0.4 is 15.5 Å². The Labute approximate surface area is 155 Å². The van der Waals surface area contributed by atoms with Crippen LogP contribution in [0.5, 0.6) is 0 Å². The lowest BCUT2D eigenvalue weighted by Gasteiger charge is -2.29. The molecule has 0 radical (unpaired) electrons. The molecule has 2 atom stereocenters. The summed E-state index contributed by atoms with van der Waals surface area (Å²) >= 11 is 0. The average molecular weight is 353 g/mol. The highest BCUT2D eigenvalue weighted by molar-refractivity contribution is 5.94. The number of anilines is 2. The molecule has 1 fully saturated rings. The van der Waals surface area contributed by atoms with Crippen LogP contribution in [0.4, 0.5) is 11.4 Å². The lowest BCUT2D eigenvalue weighted by Crippen LogP contribution is -2.39. The Balaban J connectivity index is 1.53. The van der Waals surface area contributed by atoms with E-state index in [4.69, 9.17) is 4.74 Å². The summed E-state index contributed by atoms with van der Waals surface area (Å²) in [6, 6.07) is 18.0. The molecule has 138 valence electrons. The van der Waals surface area contributed by atoms with Crippen molar-refractivity contribution in [1.29, 1.82) is 0 Å². The summed E-state index contributed by atoms with van der Waals surface area (Å²) in [5.41, 5.74) is 3.14. The summed E-state index contributed by atoms with van der Waals surface area (Å²) in [6.07, 6.45) is 0. The smallest absolute Gasteiger partial charge is 0.241 e. The van der Waals surface area contributed by atoms with Gasteiger partial charge in [-0.1, -0.05) is 30.3 Å². The number of amides is 1. The molecule has 0 bridgehead atoms. The van der Waals surface area contributed by atoms with Crippen molar-refractivity contribution in [2.75, 3.05) is 36.5 Å². The van der Waals surface area contributed by atoms with Gasteiger partial charge in [-0.2, -0.15) is 0 Å². The lowest BCUT2D eigenvalue weighted by molar-refractivity contribution is -0.117. The van der Waals surface area contributed by atoms with Gasteiger partial charge in [0.1, 0.15) is 0 Å². The first-order valence-electron chi connectivity index (χ1n) is 9.18. The number of carbonyl (C=O) groups is 1. The van der Waals surface area contributed by atoms with E-state index in [1.165, 1.54) is 5.56 Å². The van der Waals surface area contributed by atoms with Gasteiger partial charge >= 0.3 is 0 Å². The van der Waals surface area contributed by atoms with Gasteiger partial charge in [-0.05, 0) is 43.7 Å². The van der Waals surface area contributed by atoms with Crippen molar-refractivity contribution in [3.05, 3.63) is 60.2 Å². The Morgan fingerprint density at radius 1 is 1.00 bits per heavy atom. The molecule has 0 aliphatic carbocycles. The van der Waals surface area contributed by atoms with E-state index >= 15 is 0 Å². The zero-order valence-electron chi connectivity index (χ0n) is 15.4. The second-order valence-corrected chi connectivity index (χ2v) is 6.66. The molecular weight excluding hydrogens is 326 g/mol. The van der Waals surface area contributed by atoms with Crippen molar-refractivity contribution < 1.29 is 9.53 Å². The first kappa shape index (κ1) is 18.4. The number of morpholine rings is 1. The molecule has 5 heteroatoms. The molecule has 1 amide bonds. The van der Waals surface area contributed by atoms with Crippen LogP contribution in [-0.4, -0.2) is 38.3 Å². The Bertz CT molecular complexity index is 697. The second-order valence-electron chi connectivity index (χ2n) is 6.66. The molecule has 1 aliphatic heterocycles. The number of nitrogens with zero attached hydrogens (tertiary/aromatic N) is 1. The minimum Gasteiger partial charge on any atom is -0.378 e. The van der Waals surface area contributed by atoms with E-state index in [9.17, 15) is 4.79 Å². The highest BCUT2D eigenvalue weighted by Crippen LogP contribution is 2.19. The predicted octanol–water partition coefficient (Wildman–Crippen LogP) is 3.20. The van der Waals surface area contributed by atoms with Crippen LogP contribution in [0.25, 0.3) is 0 Å². The molecule has 1 aliphatic rings. The normalized spacial score (nSPS) is 16.8. The lowest BCUT2D eigenvalue weighted by atomic mass is 10.1. The van der Waals surface area contributed by atoms with E-state index in [0.717, 1.165) is 37.7 Å². The van der Waals surface area contributed by atoms with Gasteiger partial charge in [0.15, 0.2) is 0 Å². The number of hydrogen-bond donors (Lipinski definition) is 2. The van der Waals surface area contributed by atoms with Gasteiger partial charge in [-0.3, -0.25) is 10.1 Å². The first-order valence-corrected chi connectivity index (χ1v) is 9.18. The summed E-state index contributed by atoms with van der Waals surface area (Å²) in [7, 11) is 0. The molecule has 26 heavy (non-hydrogen) atoms. The molecular formula is C21H27N3O2. The van der Waals surface area contributed by atoms with Gasteiger partial charge in [0.25, 0.3) is 0 Å². The molecule has 1 saturated heterocycles. The minimum absolute atomic E-state index is 0.0353. The van der Waals surface area contributed by atoms with Crippen molar-refractivity contribution in [1.82, 2.24) is 5.32 Å². The molecule has 2 aromatic carbocycles. The van der Waals surface area contributed by atoms with Gasteiger partial charge in [-0.25, -0.2) is 0 Å². The van der Waals surface area contributed by atoms with Gasteiger partial charge in [0, 0.05) is 30.5 Å². The number of benzene rings is 2. The van der Waals surface area contributed by atoms with E-state index in [0.29, 0.717) is 0 Å². The molecule has 0 aromatic heterocycles. The largest absolute Gasteiger partial charge is 0.378 e. The summed E-state index contributed by atoms with van der Waals surface area (Å²) in [5, 5.41) is 6.33. The van der Waals surface area contributed by atoms with Crippen LogP contribution in [0.15, 0.2) is 54.6 Å². The van der Waals surface area contributed by atoms with E-state index in [-0.39, 0.29) is 18.0 Å².